The number of anilines is 1. The number of aromatic nitrogens is 1. The summed E-state index contributed by atoms with van der Waals surface area (Å²) in [4.78, 5) is 11.1. The van der Waals surface area contributed by atoms with Crippen molar-refractivity contribution in [3.05, 3.63) is 40.9 Å². The summed E-state index contributed by atoms with van der Waals surface area (Å²) in [5.74, 6) is 1.61. The van der Waals surface area contributed by atoms with Crippen molar-refractivity contribution in [1.29, 1.82) is 0 Å². The lowest BCUT2D eigenvalue weighted by molar-refractivity contribution is 0.123. The van der Waals surface area contributed by atoms with Gasteiger partial charge >= 0.3 is 0 Å². The normalized spacial score (nSPS) is 10.9. The highest BCUT2D eigenvalue weighted by molar-refractivity contribution is 14.0. The molecule has 1 aromatic heterocycles. The number of thiazole rings is 1. The fourth-order valence-electron chi connectivity index (χ4n) is 2.32. The van der Waals surface area contributed by atoms with Crippen molar-refractivity contribution >= 4 is 46.4 Å². The molecule has 0 radical (unpaired) electrons. The van der Waals surface area contributed by atoms with E-state index in [0.717, 1.165) is 34.6 Å². The zero-order valence-corrected chi connectivity index (χ0v) is 20.0. The fraction of sp³-hybridized carbons (Fsp3) is 0.474. The van der Waals surface area contributed by atoms with Crippen LogP contribution in [-0.4, -0.2) is 51.8 Å². The molecule has 0 atom stereocenters. The average molecular weight is 519 g/mol. The Kier molecular flexibility index (Phi) is 11.8. The van der Waals surface area contributed by atoms with Crippen LogP contribution in [0.2, 0.25) is 0 Å². The molecule has 1 aromatic carbocycles. The lowest BCUT2D eigenvalue weighted by Crippen LogP contribution is -2.39. The van der Waals surface area contributed by atoms with E-state index in [0.29, 0.717) is 26.3 Å². The van der Waals surface area contributed by atoms with Crippen LogP contribution in [0.15, 0.2) is 34.6 Å². The van der Waals surface area contributed by atoms with E-state index in [1.807, 2.05) is 55.6 Å². The Labute approximate surface area is 188 Å². The first kappa shape index (κ1) is 24.4. The second-order valence-electron chi connectivity index (χ2n) is 6.00. The molecule has 2 N–H and O–H groups in total. The maximum absolute atomic E-state index is 5.74. The molecule has 1 heterocycles. The average Bonchev–Trinajstić information content (AvgIpc) is 3.15. The van der Waals surface area contributed by atoms with Crippen LogP contribution in [0.5, 0.6) is 5.75 Å². The van der Waals surface area contributed by atoms with E-state index in [1.165, 1.54) is 0 Å². The Bertz CT molecular complexity index is 724. The SMILES string of the molecule is CCNC(=NCc1csc(N(C)C)n1)NCCOCc1ccccc1OC.I. The van der Waals surface area contributed by atoms with Crippen LogP contribution >= 0.6 is 35.3 Å². The van der Waals surface area contributed by atoms with Gasteiger partial charge in [0.1, 0.15) is 5.75 Å². The van der Waals surface area contributed by atoms with Gasteiger partial charge in [0.05, 0.1) is 32.6 Å². The van der Waals surface area contributed by atoms with Crippen molar-refractivity contribution in [2.24, 2.45) is 4.99 Å². The number of rotatable bonds is 10. The van der Waals surface area contributed by atoms with Gasteiger partial charge in [-0.3, -0.25) is 0 Å². The summed E-state index contributed by atoms with van der Waals surface area (Å²) in [6, 6.07) is 7.88. The van der Waals surface area contributed by atoms with Crippen molar-refractivity contribution in [2.45, 2.75) is 20.1 Å². The minimum Gasteiger partial charge on any atom is -0.496 e. The van der Waals surface area contributed by atoms with E-state index in [4.69, 9.17) is 9.47 Å². The van der Waals surface area contributed by atoms with Gasteiger partial charge in [-0.25, -0.2) is 9.98 Å². The van der Waals surface area contributed by atoms with Crippen molar-refractivity contribution in [3.8, 4) is 5.75 Å². The predicted molar refractivity (Wildman–Crippen MR) is 127 cm³/mol. The molecule has 0 saturated heterocycles. The summed E-state index contributed by atoms with van der Waals surface area (Å²) in [5.41, 5.74) is 2.01. The van der Waals surface area contributed by atoms with Crippen LogP contribution in [0.25, 0.3) is 0 Å². The molecule has 0 amide bonds. The highest BCUT2D eigenvalue weighted by atomic mass is 127. The second-order valence-corrected chi connectivity index (χ2v) is 6.84. The van der Waals surface area contributed by atoms with E-state index in [2.05, 4.69) is 20.6 Å². The number of benzene rings is 1. The number of nitrogens with one attached hydrogen (secondary N) is 2. The van der Waals surface area contributed by atoms with Crippen molar-refractivity contribution < 1.29 is 9.47 Å². The molecule has 0 aliphatic rings. The van der Waals surface area contributed by atoms with E-state index < -0.39 is 0 Å². The van der Waals surface area contributed by atoms with Crippen LogP contribution in [0.4, 0.5) is 5.13 Å². The predicted octanol–water partition coefficient (Wildman–Crippen LogP) is 3.11. The molecule has 2 rings (SSSR count). The van der Waals surface area contributed by atoms with Gasteiger partial charge in [-0.2, -0.15) is 0 Å². The van der Waals surface area contributed by atoms with E-state index >= 15 is 0 Å². The topological polar surface area (TPSA) is 71.0 Å². The maximum Gasteiger partial charge on any atom is 0.191 e. The zero-order chi connectivity index (χ0) is 19.5. The number of halogens is 1. The zero-order valence-electron chi connectivity index (χ0n) is 16.9. The molecule has 0 aliphatic carbocycles. The number of para-hydroxylation sites is 1. The molecule has 7 nitrogen and oxygen atoms in total. The summed E-state index contributed by atoms with van der Waals surface area (Å²) in [6.45, 7) is 5.15. The lowest BCUT2D eigenvalue weighted by Gasteiger charge is -2.12. The van der Waals surface area contributed by atoms with Crippen molar-refractivity contribution in [1.82, 2.24) is 15.6 Å². The van der Waals surface area contributed by atoms with Gasteiger partial charge in [0.15, 0.2) is 11.1 Å². The fourth-order valence-corrected chi connectivity index (χ4v) is 3.07. The minimum atomic E-state index is 0. The highest BCUT2D eigenvalue weighted by Gasteiger charge is 2.04. The number of nitrogens with zero attached hydrogens (tertiary/aromatic N) is 3. The Balaban J connectivity index is 0.00000392. The summed E-state index contributed by atoms with van der Waals surface area (Å²) in [6.07, 6.45) is 0. The number of ether oxygens (including phenoxy) is 2. The first-order valence-electron chi connectivity index (χ1n) is 8.97. The monoisotopic (exact) mass is 519 g/mol. The van der Waals surface area contributed by atoms with E-state index in [9.17, 15) is 0 Å². The summed E-state index contributed by atoms with van der Waals surface area (Å²) >= 11 is 1.62. The van der Waals surface area contributed by atoms with Gasteiger partial charge in [0, 0.05) is 38.1 Å². The Morgan fingerprint density at radius 3 is 2.71 bits per heavy atom. The van der Waals surface area contributed by atoms with E-state index in [1.54, 1.807) is 18.4 Å². The second kappa shape index (κ2) is 13.6. The van der Waals surface area contributed by atoms with Crippen molar-refractivity contribution in [2.75, 3.05) is 45.8 Å². The molecule has 9 heteroatoms. The van der Waals surface area contributed by atoms with Crippen LogP contribution in [0.3, 0.4) is 0 Å². The van der Waals surface area contributed by atoms with E-state index in [-0.39, 0.29) is 24.0 Å². The van der Waals surface area contributed by atoms with Crippen LogP contribution in [0.1, 0.15) is 18.2 Å². The Morgan fingerprint density at radius 1 is 1.25 bits per heavy atom. The number of guanidine groups is 1. The first-order valence-corrected chi connectivity index (χ1v) is 9.85. The molecule has 2 aromatic rings. The van der Waals surface area contributed by atoms with Gasteiger partial charge in [0.25, 0.3) is 0 Å². The highest BCUT2D eigenvalue weighted by Crippen LogP contribution is 2.18. The summed E-state index contributed by atoms with van der Waals surface area (Å²) in [7, 11) is 5.65. The van der Waals surface area contributed by atoms with Gasteiger partial charge in [-0.05, 0) is 13.0 Å². The molecular weight excluding hydrogens is 489 g/mol. The van der Waals surface area contributed by atoms with Crippen LogP contribution < -0.4 is 20.3 Å². The molecule has 0 fully saturated rings. The Hall–Kier alpha value is -1.59. The third kappa shape index (κ3) is 8.19. The van der Waals surface area contributed by atoms with Crippen LogP contribution in [0, 0.1) is 0 Å². The summed E-state index contributed by atoms with van der Waals surface area (Å²) < 4.78 is 11.1. The third-order valence-electron chi connectivity index (χ3n) is 3.65. The summed E-state index contributed by atoms with van der Waals surface area (Å²) in [5, 5.41) is 9.55. The quantitative estimate of drug-likeness (QED) is 0.218. The van der Waals surface area contributed by atoms with Gasteiger partial charge in [0.2, 0.25) is 0 Å². The molecule has 156 valence electrons. The van der Waals surface area contributed by atoms with Crippen LogP contribution in [-0.2, 0) is 17.9 Å². The number of hydrogen-bond donors (Lipinski definition) is 2. The maximum atomic E-state index is 5.74. The van der Waals surface area contributed by atoms with Crippen molar-refractivity contribution in [3.63, 3.8) is 0 Å². The number of methoxy groups -OCH3 is 1. The first-order chi connectivity index (χ1) is 13.1. The van der Waals surface area contributed by atoms with Gasteiger partial charge in [-0.15, -0.1) is 35.3 Å². The Morgan fingerprint density at radius 2 is 2.04 bits per heavy atom. The largest absolute Gasteiger partial charge is 0.496 e. The van der Waals surface area contributed by atoms with Gasteiger partial charge in [-0.1, -0.05) is 18.2 Å². The smallest absolute Gasteiger partial charge is 0.191 e. The molecule has 0 spiro atoms. The molecule has 28 heavy (non-hydrogen) atoms. The molecule has 0 saturated carbocycles. The number of aliphatic imine (C=N–C) groups is 1. The standard InChI is InChI=1S/C19H29N5O2S.HI/c1-5-20-18(22-12-16-14-27-19(23-16)24(2)3)21-10-11-26-13-15-8-6-7-9-17(15)25-4;/h6-9,14H,5,10-13H2,1-4H3,(H2,20,21,22);1H. The molecule has 0 bridgehead atoms. The minimum absolute atomic E-state index is 0. The molecule has 0 aliphatic heterocycles. The molecular formula is C19H30IN5O2S. The lowest BCUT2D eigenvalue weighted by atomic mass is 10.2. The third-order valence-corrected chi connectivity index (χ3v) is 4.71. The number of hydrogen-bond acceptors (Lipinski definition) is 6. The van der Waals surface area contributed by atoms with Gasteiger partial charge < -0.3 is 25.0 Å². The molecule has 0 unspecified atom stereocenters.